The van der Waals surface area contributed by atoms with Gasteiger partial charge in [-0.25, -0.2) is 0 Å². The lowest BCUT2D eigenvalue weighted by Crippen LogP contribution is -2.33. The summed E-state index contributed by atoms with van der Waals surface area (Å²) in [6.45, 7) is 3.98. The zero-order chi connectivity index (χ0) is 15.9. The molecule has 4 heteroatoms. The van der Waals surface area contributed by atoms with Gasteiger partial charge in [0.15, 0.2) is 0 Å². The minimum atomic E-state index is -0.232. The Kier molecular flexibility index (Phi) is 5.31. The lowest BCUT2D eigenvalue weighted by atomic mass is 10.1. The third kappa shape index (κ3) is 4.74. The van der Waals surface area contributed by atoms with Gasteiger partial charge in [0.1, 0.15) is 0 Å². The minimum Gasteiger partial charge on any atom is -0.347 e. The number of benzene rings is 2. The number of carbonyl (C=O) groups excluding carboxylic acids is 2. The summed E-state index contributed by atoms with van der Waals surface area (Å²) in [5, 5.41) is 5.40. The molecule has 2 aromatic carbocycles. The van der Waals surface area contributed by atoms with Crippen LogP contribution in [0.25, 0.3) is 0 Å². The van der Waals surface area contributed by atoms with E-state index in [0.717, 1.165) is 16.8 Å². The summed E-state index contributed by atoms with van der Waals surface area (Å²) in [5.74, 6) is -0.397. The van der Waals surface area contributed by atoms with Gasteiger partial charge >= 0.3 is 0 Å². The molecule has 2 N–H and O–H groups in total. The molecule has 0 saturated carbocycles. The molecule has 2 amide bonds. The smallest absolute Gasteiger partial charge is 0.243 e. The topological polar surface area (TPSA) is 58.2 Å². The molecule has 0 aliphatic rings. The Labute approximate surface area is 130 Å². The maximum atomic E-state index is 11.8. The van der Waals surface area contributed by atoms with Crippen molar-refractivity contribution in [2.45, 2.75) is 20.3 Å². The molecule has 4 nitrogen and oxygen atoms in total. The van der Waals surface area contributed by atoms with Gasteiger partial charge in [-0.05, 0) is 42.7 Å². The lowest BCUT2D eigenvalue weighted by molar-refractivity contribution is -0.123. The maximum absolute atomic E-state index is 11.8. The van der Waals surface area contributed by atoms with E-state index in [1.165, 1.54) is 5.56 Å². The predicted molar refractivity (Wildman–Crippen MR) is 87.7 cm³/mol. The number of hydrogen-bond acceptors (Lipinski definition) is 2. The second kappa shape index (κ2) is 7.41. The summed E-state index contributed by atoms with van der Waals surface area (Å²) in [6, 6.07) is 15.2. The number of anilines is 1. The van der Waals surface area contributed by atoms with Crippen LogP contribution >= 0.6 is 0 Å². The summed E-state index contributed by atoms with van der Waals surface area (Å²) in [6.07, 6.45) is 0.276. The third-order valence-electron chi connectivity index (χ3n) is 3.44. The fourth-order valence-corrected chi connectivity index (χ4v) is 2.05. The number of hydrogen-bond donors (Lipinski definition) is 2. The highest BCUT2D eigenvalue weighted by Gasteiger charge is 2.07. The highest BCUT2D eigenvalue weighted by atomic mass is 16.2. The molecule has 0 saturated heterocycles. The fraction of sp³-hybridized carbons (Fsp3) is 0.222. The molecule has 0 fully saturated rings. The van der Waals surface area contributed by atoms with E-state index in [0.29, 0.717) is 0 Å². The Morgan fingerprint density at radius 2 is 1.64 bits per heavy atom. The van der Waals surface area contributed by atoms with Crippen LogP contribution in [0.3, 0.4) is 0 Å². The molecule has 0 aromatic heterocycles. The van der Waals surface area contributed by atoms with E-state index in [-0.39, 0.29) is 24.8 Å². The van der Waals surface area contributed by atoms with Gasteiger partial charge < -0.3 is 10.6 Å². The van der Waals surface area contributed by atoms with Crippen LogP contribution in [0.15, 0.2) is 48.5 Å². The Hall–Kier alpha value is -2.62. The molecule has 0 spiro atoms. The molecule has 2 rings (SSSR count). The summed E-state index contributed by atoms with van der Waals surface area (Å²) >= 11 is 0. The van der Waals surface area contributed by atoms with Crippen molar-refractivity contribution in [3.05, 3.63) is 65.2 Å². The van der Waals surface area contributed by atoms with Gasteiger partial charge in [-0.1, -0.05) is 36.4 Å². The molecule has 0 bridgehead atoms. The van der Waals surface area contributed by atoms with E-state index in [1.807, 2.05) is 62.4 Å². The van der Waals surface area contributed by atoms with E-state index in [2.05, 4.69) is 10.6 Å². The number of amides is 2. The molecule has 0 atom stereocenters. The van der Waals surface area contributed by atoms with Gasteiger partial charge in [-0.2, -0.15) is 0 Å². The predicted octanol–water partition coefficient (Wildman–Crippen LogP) is 2.60. The second-order valence-corrected chi connectivity index (χ2v) is 5.29. The maximum Gasteiger partial charge on any atom is 0.243 e. The van der Waals surface area contributed by atoms with E-state index in [4.69, 9.17) is 0 Å². The SMILES string of the molecule is Cc1ccc(NC(=O)CNC(=O)Cc2ccccc2)cc1C. The molecule has 22 heavy (non-hydrogen) atoms. The van der Waals surface area contributed by atoms with Gasteiger partial charge in [0.2, 0.25) is 11.8 Å². The van der Waals surface area contributed by atoms with Crippen LogP contribution in [-0.2, 0) is 16.0 Å². The van der Waals surface area contributed by atoms with Crippen LogP contribution in [0.2, 0.25) is 0 Å². The highest BCUT2D eigenvalue weighted by Crippen LogP contribution is 2.13. The summed E-state index contributed by atoms with van der Waals surface area (Å²) in [7, 11) is 0. The van der Waals surface area contributed by atoms with E-state index < -0.39 is 0 Å². The Morgan fingerprint density at radius 3 is 2.32 bits per heavy atom. The van der Waals surface area contributed by atoms with E-state index in [1.54, 1.807) is 0 Å². The molecule has 0 heterocycles. The summed E-state index contributed by atoms with van der Waals surface area (Å²) in [4.78, 5) is 23.6. The summed E-state index contributed by atoms with van der Waals surface area (Å²) < 4.78 is 0. The second-order valence-electron chi connectivity index (χ2n) is 5.29. The number of rotatable bonds is 5. The molecule has 2 aromatic rings. The van der Waals surface area contributed by atoms with Gasteiger partial charge in [0.05, 0.1) is 13.0 Å². The Balaban J connectivity index is 1.80. The van der Waals surface area contributed by atoms with Crippen molar-refractivity contribution in [2.75, 3.05) is 11.9 Å². The van der Waals surface area contributed by atoms with Crippen molar-refractivity contribution < 1.29 is 9.59 Å². The first-order valence-corrected chi connectivity index (χ1v) is 7.22. The molecule has 114 valence electrons. The molecule has 0 radical (unpaired) electrons. The normalized spacial score (nSPS) is 10.1. The van der Waals surface area contributed by atoms with Crippen LogP contribution in [0.1, 0.15) is 16.7 Å². The minimum absolute atomic E-state index is 0.0292. The standard InChI is InChI=1S/C18H20N2O2/c1-13-8-9-16(10-14(13)2)20-18(22)12-19-17(21)11-15-6-4-3-5-7-15/h3-10H,11-12H2,1-2H3,(H,19,21)(H,20,22). The Bertz CT molecular complexity index is 666. The van der Waals surface area contributed by atoms with Crippen LogP contribution in [-0.4, -0.2) is 18.4 Å². The van der Waals surface area contributed by atoms with E-state index >= 15 is 0 Å². The van der Waals surface area contributed by atoms with Crippen LogP contribution in [0.5, 0.6) is 0 Å². The third-order valence-corrected chi connectivity index (χ3v) is 3.44. The number of carbonyl (C=O) groups is 2. The van der Waals surface area contributed by atoms with E-state index in [9.17, 15) is 9.59 Å². The average molecular weight is 296 g/mol. The summed E-state index contributed by atoms with van der Waals surface area (Å²) in [5.41, 5.74) is 3.96. The van der Waals surface area contributed by atoms with Crippen molar-refractivity contribution in [1.82, 2.24) is 5.32 Å². The van der Waals surface area contributed by atoms with Crippen molar-refractivity contribution in [3.8, 4) is 0 Å². The average Bonchev–Trinajstić information content (AvgIpc) is 2.50. The first-order valence-electron chi connectivity index (χ1n) is 7.22. The molecular weight excluding hydrogens is 276 g/mol. The van der Waals surface area contributed by atoms with Crippen LogP contribution in [0, 0.1) is 13.8 Å². The molecule has 0 unspecified atom stereocenters. The molecule has 0 aliphatic carbocycles. The van der Waals surface area contributed by atoms with Gasteiger partial charge in [0, 0.05) is 5.69 Å². The van der Waals surface area contributed by atoms with Crippen molar-refractivity contribution >= 4 is 17.5 Å². The van der Waals surface area contributed by atoms with Crippen molar-refractivity contribution in [1.29, 1.82) is 0 Å². The van der Waals surface area contributed by atoms with Gasteiger partial charge in [-0.3, -0.25) is 9.59 Å². The van der Waals surface area contributed by atoms with Crippen molar-refractivity contribution in [2.24, 2.45) is 0 Å². The zero-order valence-corrected chi connectivity index (χ0v) is 12.8. The fourth-order valence-electron chi connectivity index (χ4n) is 2.05. The molecule has 0 aliphatic heterocycles. The largest absolute Gasteiger partial charge is 0.347 e. The quantitative estimate of drug-likeness (QED) is 0.891. The van der Waals surface area contributed by atoms with Crippen LogP contribution in [0.4, 0.5) is 5.69 Å². The monoisotopic (exact) mass is 296 g/mol. The van der Waals surface area contributed by atoms with Crippen molar-refractivity contribution in [3.63, 3.8) is 0 Å². The van der Waals surface area contributed by atoms with Gasteiger partial charge in [0.25, 0.3) is 0 Å². The van der Waals surface area contributed by atoms with Gasteiger partial charge in [-0.15, -0.1) is 0 Å². The number of aryl methyl sites for hydroxylation is 2. The zero-order valence-electron chi connectivity index (χ0n) is 12.8. The number of nitrogens with one attached hydrogen (secondary N) is 2. The first kappa shape index (κ1) is 15.8. The first-order chi connectivity index (χ1) is 10.5. The van der Waals surface area contributed by atoms with Crippen LogP contribution < -0.4 is 10.6 Å². The molecular formula is C18H20N2O2. The highest BCUT2D eigenvalue weighted by molar-refractivity contribution is 5.94. The lowest BCUT2D eigenvalue weighted by Gasteiger charge is -2.09. The Morgan fingerprint density at radius 1 is 0.909 bits per heavy atom.